The van der Waals surface area contributed by atoms with Crippen LogP contribution in [0, 0.1) is 5.92 Å². The maximum atomic E-state index is 12.1. The number of hydrogen-bond donors (Lipinski definition) is 2. The maximum absolute atomic E-state index is 12.1. The van der Waals surface area contributed by atoms with Crippen molar-refractivity contribution in [2.45, 2.75) is 44.6 Å². The fourth-order valence-corrected chi connectivity index (χ4v) is 2.50. The first-order valence-electron chi connectivity index (χ1n) is 6.92. The standard InChI is InChI=1S/C13H24N2O2/c16-10-12-4-2-1-3-7-15(12)13(17)9-14-8-11-5-6-11/h11-12,14,16H,1-10H2. The van der Waals surface area contributed by atoms with E-state index in [1.54, 1.807) is 0 Å². The summed E-state index contributed by atoms with van der Waals surface area (Å²) in [6, 6.07) is 0.0488. The lowest BCUT2D eigenvalue weighted by Gasteiger charge is -2.28. The summed E-state index contributed by atoms with van der Waals surface area (Å²) in [6.07, 6.45) is 6.95. The third kappa shape index (κ3) is 3.96. The molecule has 0 radical (unpaired) electrons. The highest BCUT2D eigenvalue weighted by Gasteiger charge is 2.25. The van der Waals surface area contributed by atoms with Gasteiger partial charge in [-0.05, 0) is 38.1 Å². The van der Waals surface area contributed by atoms with Crippen molar-refractivity contribution in [2.75, 3.05) is 26.2 Å². The van der Waals surface area contributed by atoms with Crippen molar-refractivity contribution in [3.8, 4) is 0 Å². The van der Waals surface area contributed by atoms with Gasteiger partial charge in [-0.3, -0.25) is 4.79 Å². The van der Waals surface area contributed by atoms with Crippen LogP contribution >= 0.6 is 0 Å². The Labute approximate surface area is 103 Å². The van der Waals surface area contributed by atoms with Crippen LogP contribution in [-0.2, 0) is 4.79 Å². The van der Waals surface area contributed by atoms with Gasteiger partial charge < -0.3 is 15.3 Å². The molecule has 0 spiro atoms. The Bertz CT molecular complexity index is 254. The minimum absolute atomic E-state index is 0.0488. The van der Waals surface area contributed by atoms with Crippen LogP contribution in [0.5, 0.6) is 0 Å². The van der Waals surface area contributed by atoms with E-state index in [1.807, 2.05) is 4.90 Å². The molecule has 1 amide bonds. The van der Waals surface area contributed by atoms with Gasteiger partial charge in [0.25, 0.3) is 0 Å². The van der Waals surface area contributed by atoms with E-state index in [9.17, 15) is 9.90 Å². The van der Waals surface area contributed by atoms with Crippen LogP contribution in [0.25, 0.3) is 0 Å². The molecule has 1 aliphatic carbocycles. The minimum Gasteiger partial charge on any atom is -0.394 e. The van der Waals surface area contributed by atoms with Crippen LogP contribution in [0.2, 0.25) is 0 Å². The molecule has 2 N–H and O–H groups in total. The highest BCUT2D eigenvalue weighted by molar-refractivity contribution is 5.78. The Balaban J connectivity index is 1.76. The van der Waals surface area contributed by atoms with Gasteiger partial charge in [0.15, 0.2) is 0 Å². The van der Waals surface area contributed by atoms with Gasteiger partial charge >= 0.3 is 0 Å². The van der Waals surface area contributed by atoms with Crippen molar-refractivity contribution in [1.29, 1.82) is 0 Å². The van der Waals surface area contributed by atoms with Crippen LogP contribution in [0.15, 0.2) is 0 Å². The predicted molar refractivity (Wildman–Crippen MR) is 66.6 cm³/mol. The first-order valence-corrected chi connectivity index (χ1v) is 6.92. The summed E-state index contributed by atoms with van der Waals surface area (Å²) in [5.74, 6) is 0.965. The molecular weight excluding hydrogens is 216 g/mol. The van der Waals surface area contributed by atoms with Crippen molar-refractivity contribution < 1.29 is 9.90 Å². The number of carbonyl (C=O) groups is 1. The van der Waals surface area contributed by atoms with Gasteiger partial charge in [-0.15, -0.1) is 0 Å². The lowest BCUT2D eigenvalue weighted by atomic mass is 10.1. The van der Waals surface area contributed by atoms with E-state index in [2.05, 4.69) is 5.32 Å². The average molecular weight is 240 g/mol. The topological polar surface area (TPSA) is 52.6 Å². The van der Waals surface area contributed by atoms with E-state index < -0.39 is 0 Å². The van der Waals surface area contributed by atoms with E-state index in [0.29, 0.717) is 6.54 Å². The largest absolute Gasteiger partial charge is 0.394 e. The zero-order valence-electron chi connectivity index (χ0n) is 10.5. The Kier molecular flexibility index (Phi) is 4.80. The van der Waals surface area contributed by atoms with Crippen molar-refractivity contribution in [3.05, 3.63) is 0 Å². The first kappa shape index (κ1) is 12.8. The Hall–Kier alpha value is -0.610. The van der Waals surface area contributed by atoms with E-state index in [0.717, 1.165) is 38.3 Å². The van der Waals surface area contributed by atoms with Gasteiger partial charge in [0.05, 0.1) is 19.2 Å². The number of aliphatic hydroxyl groups excluding tert-OH is 1. The number of likely N-dealkylation sites (tertiary alicyclic amines) is 1. The summed E-state index contributed by atoms with van der Waals surface area (Å²) in [4.78, 5) is 14.0. The summed E-state index contributed by atoms with van der Waals surface area (Å²) >= 11 is 0. The number of nitrogens with one attached hydrogen (secondary N) is 1. The Morgan fingerprint density at radius 1 is 1.24 bits per heavy atom. The van der Waals surface area contributed by atoms with Crippen LogP contribution in [0.3, 0.4) is 0 Å². The molecule has 1 aliphatic heterocycles. The lowest BCUT2D eigenvalue weighted by molar-refractivity contribution is -0.133. The summed E-state index contributed by atoms with van der Waals surface area (Å²) in [5.41, 5.74) is 0. The normalized spacial score (nSPS) is 25.7. The molecule has 0 aromatic heterocycles. The number of amides is 1. The second kappa shape index (κ2) is 6.36. The van der Waals surface area contributed by atoms with Gasteiger partial charge in [0.1, 0.15) is 0 Å². The molecule has 17 heavy (non-hydrogen) atoms. The molecule has 98 valence electrons. The average Bonchev–Trinajstić information content (AvgIpc) is 3.14. The molecule has 0 bridgehead atoms. The number of rotatable bonds is 5. The quantitative estimate of drug-likeness (QED) is 0.745. The molecular formula is C13H24N2O2. The van der Waals surface area contributed by atoms with Crippen molar-refractivity contribution >= 4 is 5.91 Å². The summed E-state index contributed by atoms with van der Waals surface area (Å²) in [5, 5.41) is 12.6. The Morgan fingerprint density at radius 2 is 2.06 bits per heavy atom. The molecule has 1 saturated carbocycles. The monoisotopic (exact) mass is 240 g/mol. The van der Waals surface area contributed by atoms with E-state index >= 15 is 0 Å². The Morgan fingerprint density at radius 3 is 2.76 bits per heavy atom. The maximum Gasteiger partial charge on any atom is 0.236 e. The van der Waals surface area contributed by atoms with Gasteiger partial charge in [-0.1, -0.05) is 12.8 Å². The fraction of sp³-hybridized carbons (Fsp3) is 0.923. The van der Waals surface area contributed by atoms with E-state index in [4.69, 9.17) is 0 Å². The molecule has 4 nitrogen and oxygen atoms in total. The number of aliphatic hydroxyl groups is 1. The van der Waals surface area contributed by atoms with Crippen LogP contribution in [0.4, 0.5) is 0 Å². The van der Waals surface area contributed by atoms with Crippen molar-refractivity contribution in [1.82, 2.24) is 10.2 Å². The second-order valence-corrected chi connectivity index (χ2v) is 5.35. The predicted octanol–water partition coefficient (Wildman–Crippen LogP) is 0.749. The molecule has 4 heteroatoms. The van der Waals surface area contributed by atoms with E-state index in [1.165, 1.54) is 19.3 Å². The van der Waals surface area contributed by atoms with E-state index in [-0.39, 0.29) is 18.6 Å². The zero-order valence-corrected chi connectivity index (χ0v) is 10.5. The van der Waals surface area contributed by atoms with Gasteiger partial charge in [-0.2, -0.15) is 0 Å². The summed E-state index contributed by atoms with van der Waals surface area (Å²) in [6.45, 7) is 2.33. The molecule has 1 saturated heterocycles. The molecule has 1 atom stereocenters. The number of carbonyl (C=O) groups excluding carboxylic acids is 1. The van der Waals surface area contributed by atoms with Crippen LogP contribution < -0.4 is 5.32 Å². The van der Waals surface area contributed by atoms with Crippen LogP contribution in [-0.4, -0.2) is 48.2 Å². The number of nitrogens with zero attached hydrogens (tertiary/aromatic N) is 1. The minimum atomic E-state index is 0.0488. The third-order valence-corrected chi connectivity index (χ3v) is 3.81. The van der Waals surface area contributed by atoms with Crippen molar-refractivity contribution in [2.24, 2.45) is 5.92 Å². The third-order valence-electron chi connectivity index (χ3n) is 3.81. The molecule has 2 rings (SSSR count). The second-order valence-electron chi connectivity index (χ2n) is 5.35. The molecule has 0 aromatic rings. The number of hydrogen-bond acceptors (Lipinski definition) is 3. The smallest absolute Gasteiger partial charge is 0.236 e. The zero-order chi connectivity index (χ0) is 12.1. The van der Waals surface area contributed by atoms with Gasteiger partial charge in [0, 0.05) is 6.54 Å². The molecule has 0 aromatic carbocycles. The lowest BCUT2D eigenvalue weighted by Crippen LogP contribution is -2.46. The molecule has 2 fully saturated rings. The summed E-state index contributed by atoms with van der Waals surface area (Å²) in [7, 11) is 0. The molecule has 2 aliphatic rings. The summed E-state index contributed by atoms with van der Waals surface area (Å²) < 4.78 is 0. The highest BCUT2D eigenvalue weighted by atomic mass is 16.3. The van der Waals surface area contributed by atoms with Gasteiger partial charge in [0.2, 0.25) is 5.91 Å². The highest BCUT2D eigenvalue weighted by Crippen LogP contribution is 2.27. The van der Waals surface area contributed by atoms with Crippen LogP contribution in [0.1, 0.15) is 38.5 Å². The van der Waals surface area contributed by atoms with Gasteiger partial charge in [-0.25, -0.2) is 0 Å². The first-order chi connectivity index (χ1) is 8.31. The SMILES string of the molecule is O=C(CNCC1CC1)N1CCCCCC1CO. The fourth-order valence-electron chi connectivity index (χ4n) is 2.50. The molecule has 1 heterocycles. The van der Waals surface area contributed by atoms with Crippen molar-refractivity contribution in [3.63, 3.8) is 0 Å². The molecule has 1 unspecified atom stereocenters.